The Hall–Kier alpha value is -0.700. The minimum Gasteiger partial charge on any atom is -0.497 e. The van der Waals surface area contributed by atoms with Crippen LogP contribution in [0.15, 0.2) is 18.2 Å². The standard InChI is InChI=1S/C11H13BrO2.C2H6/c1-13-9-4-2-8-3-5-10(7-12)14-11(8)6-9;1-2/h2,4,6,10H,3,5,7H2,1H3;1-2H3. The number of benzene rings is 1. The molecule has 0 aromatic heterocycles. The lowest BCUT2D eigenvalue weighted by Crippen LogP contribution is -2.23. The van der Waals surface area contributed by atoms with Gasteiger partial charge < -0.3 is 9.47 Å². The maximum atomic E-state index is 5.80. The van der Waals surface area contributed by atoms with E-state index in [2.05, 4.69) is 22.0 Å². The lowest BCUT2D eigenvalue weighted by Gasteiger charge is -2.24. The molecule has 0 amide bonds. The van der Waals surface area contributed by atoms with Crippen LogP contribution in [0.5, 0.6) is 11.5 Å². The van der Waals surface area contributed by atoms with E-state index in [-0.39, 0.29) is 0 Å². The lowest BCUT2D eigenvalue weighted by atomic mass is 10.0. The van der Waals surface area contributed by atoms with Crippen LogP contribution in [0.4, 0.5) is 0 Å². The zero-order valence-electron chi connectivity index (χ0n) is 10.1. The molecule has 1 aromatic carbocycles. The number of rotatable bonds is 2. The van der Waals surface area contributed by atoms with Gasteiger partial charge in [0, 0.05) is 11.4 Å². The summed E-state index contributed by atoms with van der Waals surface area (Å²) in [5, 5.41) is 0.893. The van der Waals surface area contributed by atoms with Crippen molar-refractivity contribution in [1.82, 2.24) is 0 Å². The number of fused-ring (bicyclic) bond motifs is 1. The molecule has 1 unspecified atom stereocenters. The molecule has 1 aromatic rings. The first-order chi connectivity index (χ1) is 7.83. The van der Waals surface area contributed by atoms with Gasteiger partial charge in [0.25, 0.3) is 0 Å². The van der Waals surface area contributed by atoms with Gasteiger partial charge in [0.2, 0.25) is 0 Å². The predicted octanol–water partition coefficient (Wildman–Crippen LogP) is 3.81. The fourth-order valence-corrected chi connectivity index (χ4v) is 2.10. The Labute approximate surface area is 106 Å². The van der Waals surface area contributed by atoms with Crippen molar-refractivity contribution >= 4 is 15.9 Å². The second-order valence-electron chi connectivity index (χ2n) is 3.41. The van der Waals surface area contributed by atoms with Crippen LogP contribution in [0.2, 0.25) is 0 Å². The predicted molar refractivity (Wildman–Crippen MR) is 70.9 cm³/mol. The molecule has 0 saturated heterocycles. The first-order valence-electron chi connectivity index (χ1n) is 5.73. The summed E-state index contributed by atoms with van der Waals surface area (Å²) in [6.07, 6.45) is 2.48. The SMILES string of the molecule is CC.COc1ccc2c(c1)OC(CBr)CC2. The highest BCUT2D eigenvalue weighted by Gasteiger charge is 2.18. The number of methoxy groups -OCH3 is 1. The molecule has 0 N–H and O–H groups in total. The van der Waals surface area contributed by atoms with Gasteiger partial charge in [-0.05, 0) is 24.5 Å². The van der Waals surface area contributed by atoms with E-state index in [1.54, 1.807) is 7.11 Å². The molecule has 16 heavy (non-hydrogen) atoms. The Morgan fingerprint density at radius 3 is 2.81 bits per heavy atom. The highest BCUT2D eigenvalue weighted by Crippen LogP contribution is 2.31. The molecule has 1 aliphatic rings. The van der Waals surface area contributed by atoms with Gasteiger partial charge in [-0.25, -0.2) is 0 Å². The second-order valence-corrected chi connectivity index (χ2v) is 4.05. The monoisotopic (exact) mass is 286 g/mol. The summed E-state index contributed by atoms with van der Waals surface area (Å²) in [4.78, 5) is 0. The van der Waals surface area contributed by atoms with Gasteiger partial charge in [-0.15, -0.1) is 0 Å². The highest BCUT2D eigenvalue weighted by molar-refractivity contribution is 9.09. The molecule has 0 saturated carbocycles. The van der Waals surface area contributed by atoms with E-state index in [0.717, 1.165) is 29.7 Å². The van der Waals surface area contributed by atoms with Crippen molar-refractivity contribution < 1.29 is 9.47 Å². The number of halogens is 1. The van der Waals surface area contributed by atoms with Gasteiger partial charge in [-0.1, -0.05) is 35.8 Å². The molecule has 2 rings (SSSR count). The van der Waals surface area contributed by atoms with E-state index < -0.39 is 0 Å². The molecule has 0 radical (unpaired) electrons. The van der Waals surface area contributed by atoms with Crippen molar-refractivity contribution in [2.24, 2.45) is 0 Å². The van der Waals surface area contributed by atoms with Gasteiger partial charge in [0.15, 0.2) is 0 Å². The third kappa shape index (κ3) is 3.14. The lowest BCUT2D eigenvalue weighted by molar-refractivity contribution is 0.197. The topological polar surface area (TPSA) is 18.5 Å². The number of hydrogen-bond acceptors (Lipinski definition) is 2. The summed E-state index contributed by atoms with van der Waals surface area (Å²) in [5.74, 6) is 1.83. The molecular formula is C13H19BrO2. The van der Waals surface area contributed by atoms with Crippen LogP contribution in [-0.2, 0) is 6.42 Å². The third-order valence-electron chi connectivity index (χ3n) is 2.48. The minimum absolute atomic E-state index is 0.301. The fourth-order valence-electron chi connectivity index (χ4n) is 1.64. The summed E-state index contributed by atoms with van der Waals surface area (Å²) >= 11 is 3.44. The van der Waals surface area contributed by atoms with E-state index in [9.17, 15) is 0 Å². The maximum Gasteiger partial charge on any atom is 0.126 e. The van der Waals surface area contributed by atoms with Crippen molar-refractivity contribution in [3.05, 3.63) is 23.8 Å². The molecule has 1 heterocycles. The van der Waals surface area contributed by atoms with Crippen molar-refractivity contribution in [2.75, 3.05) is 12.4 Å². The summed E-state index contributed by atoms with van der Waals surface area (Å²) in [5.41, 5.74) is 1.28. The molecule has 90 valence electrons. The molecule has 0 fully saturated rings. The average Bonchev–Trinajstić information content (AvgIpc) is 2.39. The summed E-state index contributed by atoms with van der Waals surface area (Å²) < 4.78 is 11.0. The summed E-state index contributed by atoms with van der Waals surface area (Å²) in [6, 6.07) is 6.03. The summed E-state index contributed by atoms with van der Waals surface area (Å²) in [7, 11) is 1.67. The van der Waals surface area contributed by atoms with Crippen LogP contribution in [0, 0.1) is 0 Å². The summed E-state index contributed by atoms with van der Waals surface area (Å²) in [6.45, 7) is 4.00. The Morgan fingerprint density at radius 1 is 1.44 bits per heavy atom. The quantitative estimate of drug-likeness (QED) is 0.770. The molecule has 1 aliphatic heterocycles. The van der Waals surface area contributed by atoms with Gasteiger partial charge in [-0.2, -0.15) is 0 Å². The van der Waals surface area contributed by atoms with Crippen LogP contribution >= 0.6 is 15.9 Å². The Balaban J connectivity index is 0.000000606. The van der Waals surface area contributed by atoms with Gasteiger partial charge in [-0.3, -0.25) is 0 Å². The highest BCUT2D eigenvalue weighted by atomic mass is 79.9. The van der Waals surface area contributed by atoms with Gasteiger partial charge in [0.05, 0.1) is 7.11 Å². The normalized spacial score (nSPS) is 17.6. The van der Waals surface area contributed by atoms with E-state index in [1.165, 1.54) is 5.56 Å². The zero-order chi connectivity index (χ0) is 12.0. The van der Waals surface area contributed by atoms with E-state index >= 15 is 0 Å². The van der Waals surface area contributed by atoms with Crippen LogP contribution in [0.1, 0.15) is 25.8 Å². The molecule has 0 spiro atoms. The van der Waals surface area contributed by atoms with Gasteiger partial charge >= 0.3 is 0 Å². The van der Waals surface area contributed by atoms with Crippen LogP contribution in [-0.4, -0.2) is 18.5 Å². The van der Waals surface area contributed by atoms with E-state index in [0.29, 0.717) is 6.10 Å². The average molecular weight is 287 g/mol. The fraction of sp³-hybridized carbons (Fsp3) is 0.538. The van der Waals surface area contributed by atoms with Crippen LogP contribution < -0.4 is 9.47 Å². The number of alkyl halides is 1. The molecule has 2 nitrogen and oxygen atoms in total. The Bertz CT molecular complexity index is 326. The first kappa shape index (κ1) is 13.4. The van der Waals surface area contributed by atoms with Crippen LogP contribution in [0.25, 0.3) is 0 Å². The Kier molecular flexibility index (Phi) is 5.67. The van der Waals surface area contributed by atoms with E-state index in [1.807, 2.05) is 26.0 Å². The number of hydrogen-bond donors (Lipinski definition) is 0. The van der Waals surface area contributed by atoms with Gasteiger partial charge in [0.1, 0.15) is 17.6 Å². The van der Waals surface area contributed by atoms with Crippen molar-refractivity contribution in [3.8, 4) is 11.5 Å². The van der Waals surface area contributed by atoms with Crippen LogP contribution in [0.3, 0.4) is 0 Å². The first-order valence-corrected chi connectivity index (χ1v) is 6.85. The van der Waals surface area contributed by atoms with Crippen molar-refractivity contribution in [2.45, 2.75) is 32.8 Å². The largest absolute Gasteiger partial charge is 0.497 e. The minimum atomic E-state index is 0.301. The molecule has 3 heteroatoms. The number of aryl methyl sites for hydroxylation is 1. The Morgan fingerprint density at radius 2 is 2.19 bits per heavy atom. The third-order valence-corrected chi connectivity index (χ3v) is 3.20. The maximum absolute atomic E-state index is 5.80. The molecule has 1 atom stereocenters. The molecular weight excluding hydrogens is 268 g/mol. The second kappa shape index (κ2) is 6.79. The smallest absolute Gasteiger partial charge is 0.126 e. The van der Waals surface area contributed by atoms with Crippen molar-refractivity contribution in [1.29, 1.82) is 0 Å². The molecule has 0 bridgehead atoms. The van der Waals surface area contributed by atoms with Crippen molar-refractivity contribution in [3.63, 3.8) is 0 Å². The van der Waals surface area contributed by atoms with E-state index in [4.69, 9.17) is 9.47 Å². The molecule has 0 aliphatic carbocycles. The zero-order valence-corrected chi connectivity index (χ0v) is 11.7. The number of ether oxygens (including phenoxy) is 2.